The minimum atomic E-state index is 0.303. The van der Waals surface area contributed by atoms with Gasteiger partial charge in [-0.15, -0.1) is 0 Å². The van der Waals surface area contributed by atoms with Crippen LogP contribution in [0.4, 0.5) is 11.4 Å². The van der Waals surface area contributed by atoms with Crippen molar-refractivity contribution in [1.29, 1.82) is 0 Å². The van der Waals surface area contributed by atoms with Gasteiger partial charge in [-0.1, -0.05) is 0 Å². The number of benzene rings is 1. The minimum Gasteiger partial charge on any atom is -0.486 e. The molecule has 0 radical (unpaired) electrons. The first kappa shape index (κ1) is 12.4. The Morgan fingerprint density at radius 3 is 2.63 bits per heavy atom. The summed E-state index contributed by atoms with van der Waals surface area (Å²) in [6.07, 6.45) is 2.57. The Labute approximate surface area is 113 Å². The fourth-order valence-electron chi connectivity index (χ4n) is 2.62. The highest BCUT2D eigenvalue weighted by molar-refractivity contribution is 5.73. The molecule has 5 heteroatoms. The van der Waals surface area contributed by atoms with E-state index in [1.165, 1.54) is 0 Å². The van der Waals surface area contributed by atoms with Gasteiger partial charge < -0.3 is 24.8 Å². The molecule has 19 heavy (non-hydrogen) atoms. The Balaban J connectivity index is 1.78. The van der Waals surface area contributed by atoms with Crippen molar-refractivity contribution < 1.29 is 14.2 Å². The smallest absolute Gasteiger partial charge is 0.163 e. The van der Waals surface area contributed by atoms with Crippen LogP contribution in [-0.2, 0) is 4.74 Å². The van der Waals surface area contributed by atoms with Gasteiger partial charge in [-0.3, -0.25) is 0 Å². The summed E-state index contributed by atoms with van der Waals surface area (Å²) < 4.78 is 16.8. The molecule has 5 nitrogen and oxygen atoms in total. The van der Waals surface area contributed by atoms with E-state index in [4.69, 9.17) is 19.9 Å². The quantitative estimate of drug-likeness (QED) is 0.841. The topological polar surface area (TPSA) is 57.0 Å². The van der Waals surface area contributed by atoms with Crippen LogP contribution in [0.5, 0.6) is 11.5 Å². The number of likely N-dealkylation sites (N-methyl/N-ethyl adjacent to an activating group) is 1. The van der Waals surface area contributed by atoms with Crippen molar-refractivity contribution in [3.05, 3.63) is 12.1 Å². The van der Waals surface area contributed by atoms with Crippen LogP contribution in [0.3, 0.4) is 0 Å². The molecule has 0 aromatic heterocycles. The lowest BCUT2D eigenvalue weighted by molar-refractivity contribution is 0.116. The predicted octanol–water partition coefficient (Wildman–Crippen LogP) is 1.66. The molecular formula is C14H20N2O3. The van der Waals surface area contributed by atoms with E-state index in [9.17, 15) is 0 Å². The van der Waals surface area contributed by atoms with E-state index in [0.29, 0.717) is 25.0 Å². The van der Waals surface area contributed by atoms with E-state index < -0.39 is 0 Å². The van der Waals surface area contributed by atoms with Crippen molar-refractivity contribution in [2.75, 3.05) is 44.0 Å². The molecule has 3 rings (SSSR count). The maximum Gasteiger partial charge on any atom is 0.163 e. The second-order valence-corrected chi connectivity index (χ2v) is 5.07. The molecule has 2 heterocycles. The van der Waals surface area contributed by atoms with E-state index in [1.54, 1.807) is 0 Å². The summed E-state index contributed by atoms with van der Waals surface area (Å²) >= 11 is 0. The van der Waals surface area contributed by atoms with Crippen LogP contribution in [0, 0.1) is 0 Å². The molecule has 0 saturated carbocycles. The molecule has 0 aliphatic carbocycles. The summed E-state index contributed by atoms with van der Waals surface area (Å²) in [5.74, 6) is 1.51. The van der Waals surface area contributed by atoms with Gasteiger partial charge >= 0.3 is 0 Å². The van der Waals surface area contributed by atoms with E-state index >= 15 is 0 Å². The highest BCUT2D eigenvalue weighted by atomic mass is 16.6. The average molecular weight is 264 g/mol. The number of nitrogen functional groups attached to an aromatic ring is 1. The van der Waals surface area contributed by atoms with Crippen molar-refractivity contribution in [2.45, 2.75) is 18.9 Å². The number of ether oxygens (including phenoxy) is 3. The fourth-order valence-corrected chi connectivity index (χ4v) is 2.62. The van der Waals surface area contributed by atoms with Crippen molar-refractivity contribution >= 4 is 11.4 Å². The van der Waals surface area contributed by atoms with Crippen LogP contribution >= 0.6 is 0 Å². The normalized spacial score (nSPS) is 21.4. The van der Waals surface area contributed by atoms with Gasteiger partial charge in [0.1, 0.15) is 13.2 Å². The zero-order valence-corrected chi connectivity index (χ0v) is 11.2. The summed E-state index contributed by atoms with van der Waals surface area (Å²) in [7, 11) is 2.03. The summed E-state index contributed by atoms with van der Waals surface area (Å²) in [4.78, 5) is 2.13. The Morgan fingerprint density at radius 1 is 1.21 bits per heavy atom. The van der Waals surface area contributed by atoms with Crippen LogP contribution in [0.2, 0.25) is 0 Å². The predicted molar refractivity (Wildman–Crippen MR) is 74.1 cm³/mol. The number of fused-ring (bicyclic) bond motifs is 1. The van der Waals surface area contributed by atoms with Crippen LogP contribution < -0.4 is 20.1 Å². The second kappa shape index (κ2) is 5.17. The van der Waals surface area contributed by atoms with Gasteiger partial charge in [0.2, 0.25) is 0 Å². The fraction of sp³-hybridized carbons (Fsp3) is 0.571. The standard InChI is InChI=1S/C14H20N2O3/c1-16(9-10-3-2-4-17-10)12-8-14-13(7-11(12)15)18-5-6-19-14/h7-8,10H,2-6,9,15H2,1H3. The van der Waals surface area contributed by atoms with Crippen LogP contribution in [0.15, 0.2) is 12.1 Å². The Kier molecular flexibility index (Phi) is 3.38. The van der Waals surface area contributed by atoms with Crippen LogP contribution in [0.1, 0.15) is 12.8 Å². The van der Waals surface area contributed by atoms with Crippen molar-refractivity contribution in [3.8, 4) is 11.5 Å². The molecule has 104 valence electrons. The molecule has 1 unspecified atom stereocenters. The molecule has 1 aromatic carbocycles. The first-order chi connectivity index (χ1) is 9.24. The van der Waals surface area contributed by atoms with Gasteiger partial charge in [0, 0.05) is 32.3 Å². The van der Waals surface area contributed by atoms with Gasteiger partial charge in [0.25, 0.3) is 0 Å². The number of rotatable bonds is 3. The van der Waals surface area contributed by atoms with E-state index in [1.807, 2.05) is 19.2 Å². The van der Waals surface area contributed by atoms with Crippen molar-refractivity contribution in [2.24, 2.45) is 0 Å². The molecule has 0 bridgehead atoms. The Morgan fingerprint density at radius 2 is 1.95 bits per heavy atom. The summed E-state index contributed by atoms with van der Waals surface area (Å²) in [5.41, 5.74) is 7.79. The lowest BCUT2D eigenvalue weighted by atomic mass is 10.2. The van der Waals surface area contributed by atoms with Gasteiger partial charge in [-0.25, -0.2) is 0 Å². The second-order valence-electron chi connectivity index (χ2n) is 5.07. The third kappa shape index (κ3) is 2.56. The zero-order chi connectivity index (χ0) is 13.2. The monoisotopic (exact) mass is 264 g/mol. The molecule has 2 aliphatic heterocycles. The minimum absolute atomic E-state index is 0.303. The Bertz CT molecular complexity index is 458. The number of anilines is 2. The third-order valence-corrected chi connectivity index (χ3v) is 3.60. The molecule has 2 aliphatic rings. The molecule has 1 fully saturated rings. The Hall–Kier alpha value is -1.62. The summed E-state index contributed by atoms with van der Waals surface area (Å²) in [5, 5.41) is 0. The molecular weight excluding hydrogens is 244 g/mol. The molecule has 1 aromatic rings. The molecule has 1 atom stereocenters. The molecule has 1 saturated heterocycles. The highest BCUT2D eigenvalue weighted by Gasteiger charge is 2.21. The summed E-state index contributed by atoms with van der Waals surface area (Å²) in [6.45, 7) is 2.89. The zero-order valence-electron chi connectivity index (χ0n) is 11.2. The van der Waals surface area contributed by atoms with Crippen LogP contribution in [-0.4, -0.2) is 39.5 Å². The average Bonchev–Trinajstić information content (AvgIpc) is 2.90. The van der Waals surface area contributed by atoms with Crippen molar-refractivity contribution in [1.82, 2.24) is 0 Å². The summed E-state index contributed by atoms with van der Waals surface area (Å²) in [6, 6.07) is 3.80. The molecule has 2 N–H and O–H groups in total. The SMILES string of the molecule is CN(CC1CCCO1)c1cc2c(cc1N)OCCO2. The van der Waals surface area contributed by atoms with Gasteiger partial charge in [-0.05, 0) is 12.8 Å². The number of nitrogens with zero attached hydrogens (tertiary/aromatic N) is 1. The van der Waals surface area contributed by atoms with E-state index in [0.717, 1.165) is 43.2 Å². The molecule has 0 amide bonds. The van der Waals surface area contributed by atoms with Gasteiger partial charge in [0.15, 0.2) is 11.5 Å². The lowest BCUT2D eigenvalue weighted by Crippen LogP contribution is -2.29. The van der Waals surface area contributed by atoms with Crippen LogP contribution in [0.25, 0.3) is 0 Å². The number of nitrogens with two attached hydrogens (primary N) is 1. The maximum absolute atomic E-state index is 6.10. The largest absolute Gasteiger partial charge is 0.486 e. The first-order valence-electron chi connectivity index (χ1n) is 6.76. The third-order valence-electron chi connectivity index (χ3n) is 3.60. The highest BCUT2D eigenvalue weighted by Crippen LogP contribution is 2.38. The maximum atomic E-state index is 6.10. The van der Waals surface area contributed by atoms with Crippen molar-refractivity contribution in [3.63, 3.8) is 0 Å². The van der Waals surface area contributed by atoms with E-state index in [2.05, 4.69) is 4.90 Å². The van der Waals surface area contributed by atoms with E-state index in [-0.39, 0.29) is 0 Å². The lowest BCUT2D eigenvalue weighted by Gasteiger charge is -2.26. The first-order valence-corrected chi connectivity index (χ1v) is 6.76. The number of hydrogen-bond acceptors (Lipinski definition) is 5. The number of hydrogen-bond donors (Lipinski definition) is 1. The molecule has 0 spiro atoms. The van der Waals surface area contributed by atoms with Gasteiger partial charge in [0.05, 0.1) is 17.5 Å². The van der Waals surface area contributed by atoms with Gasteiger partial charge in [-0.2, -0.15) is 0 Å².